The van der Waals surface area contributed by atoms with Crippen LogP contribution in [0.2, 0.25) is 0 Å². The lowest BCUT2D eigenvalue weighted by Crippen LogP contribution is -2.30. The van der Waals surface area contributed by atoms with Crippen LogP contribution in [-0.2, 0) is 4.79 Å². The second-order valence-electron chi connectivity index (χ2n) is 14.4. The van der Waals surface area contributed by atoms with E-state index < -0.39 is 5.97 Å². The number of methoxy groups -OCH3 is 1. The van der Waals surface area contributed by atoms with Gasteiger partial charge < -0.3 is 24.2 Å². The van der Waals surface area contributed by atoms with Crippen molar-refractivity contribution in [3.05, 3.63) is 54.5 Å². The molecular formula is C36H46N4O5. The normalized spacial score (nSPS) is 22.9. The van der Waals surface area contributed by atoms with Gasteiger partial charge in [-0.3, -0.25) is 4.79 Å². The summed E-state index contributed by atoms with van der Waals surface area (Å²) in [6.07, 6.45) is 11.3. The maximum atomic E-state index is 11.4. The molecule has 1 N–H and O–H groups in total. The molecule has 1 aliphatic heterocycles. The molecule has 2 aromatic heterocycles. The van der Waals surface area contributed by atoms with Crippen LogP contribution in [0.5, 0.6) is 17.4 Å². The van der Waals surface area contributed by atoms with Crippen LogP contribution in [0.25, 0.3) is 11.4 Å². The lowest BCUT2D eigenvalue weighted by Gasteiger charge is -2.32. The standard InChI is InChI=1S/C36H46N4O5/c1-35(2)21-40(22-36(35,3)4)25-19-38-34(39-20-25)29-13-12-28(43-5)17-31(29)44-26-8-10-27(11-9-26)45-32-16-24(14-15-37-32)30(18-33(41)42)23-6-7-23/h12-17,19-20,23,26-27,30H,6-11,18,21-22H2,1-5H3,(H,41,42). The minimum Gasteiger partial charge on any atom is -0.497 e. The molecule has 3 fully saturated rings. The van der Waals surface area contributed by atoms with Gasteiger partial charge >= 0.3 is 5.97 Å². The van der Waals surface area contributed by atoms with Crippen molar-refractivity contribution in [3.8, 4) is 28.8 Å². The lowest BCUT2D eigenvalue weighted by atomic mass is 9.71. The Morgan fingerprint density at radius 3 is 2.16 bits per heavy atom. The van der Waals surface area contributed by atoms with Crippen LogP contribution in [0.15, 0.2) is 48.9 Å². The number of aliphatic carboxylic acids is 1. The first-order valence-corrected chi connectivity index (χ1v) is 16.3. The fourth-order valence-corrected chi connectivity index (χ4v) is 6.74. The first-order valence-electron chi connectivity index (χ1n) is 16.3. The Labute approximate surface area is 266 Å². The Hall–Kier alpha value is -3.88. The maximum absolute atomic E-state index is 11.4. The molecule has 0 bridgehead atoms. The van der Waals surface area contributed by atoms with E-state index in [1.165, 1.54) is 0 Å². The number of hydrogen-bond acceptors (Lipinski definition) is 8. The van der Waals surface area contributed by atoms with E-state index in [2.05, 4.69) is 37.6 Å². The van der Waals surface area contributed by atoms with Gasteiger partial charge in [-0.1, -0.05) is 27.7 Å². The highest BCUT2D eigenvalue weighted by Crippen LogP contribution is 2.47. The van der Waals surface area contributed by atoms with Gasteiger partial charge in [0.1, 0.15) is 17.6 Å². The van der Waals surface area contributed by atoms with Gasteiger partial charge in [0.15, 0.2) is 5.82 Å². The molecule has 240 valence electrons. The van der Waals surface area contributed by atoms with Crippen molar-refractivity contribution in [1.29, 1.82) is 0 Å². The summed E-state index contributed by atoms with van der Waals surface area (Å²) in [5, 5.41) is 9.40. The van der Waals surface area contributed by atoms with E-state index in [1.54, 1.807) is 13.3 Å². The van der Waals surface area contributed by atoms with E-state index in [-0.39, 0.29) is 35.4 Å². The second-order valence-corrected chi connectivity index (χ2v) is 14.4. The SMILES string of the molecule is COc1ccc(-c2ncc(N3CC(C)(C)C(C)(C)C3)cn2)c(OC2CCC(Oc3cc(C(CC(=O)O)C4CC4)ccn3)CC2)c1. The molecule has 0 spiro atoms. The minimum absolute atomic E-state index is 0.0220. The van der Waals surface area contributed by atoms with Gasteiger partial charge in [0.05, 0.1) is 43.3 Å². The predicted molar refractivity (Wildman–Crippen MR) is 173 cm³/mol. The Bertz CT molecular complexity index is 1480. The molecule has 2 aliphatic carbocycles. The molecule has 3 heterocycles. The molecule has 1 atom stereocenters. The number of benzene rings is 1. The number of rotatable bonds is 11. The fraction of sp³-hybridized carbons (Fsp3) is 0.556. The van der Waals surface area contributed by atoms with E-state index in [9.17, 15) is 9.90 Å². The van der Waals surface area contributed by atoms with Crippen molar-refractivity contribution in [3.63, 3.8) is 0 Å². The number of nitrogens with zero attached hydrogens (tertiary/aromatic N) is 4. The van der Waals surface area contributed by atoms with E-state index in [0.717, 1.165) is 74.2 Å². The van der Waals surface area contributed by atoms with E-state index in [4.69, 9.17) is 24.2 Å². The third kappa shape index (κ3) is 7.02. The zero-order valence-electron chi connectivity index (χ0n) is 27.2. The molecule has 3 aliphatic rings. The number of carbonyl (C=O) groups is 1. The summed E-state index contributed by atoms with van der Waals surface area (Å²) >= 11 is 0. The van der Waals surface area contributed by atoms with Crippen molar-refractivity contribution in [2.75, 3.05) is 25.1 Å². The highest BCUT2D eigenvalue weighted by atomic mass is 16.5. The average molecular weight is 615 g/mol. The number of ether oxygens (including phenoxy) is 3. The lowest BCUT2D eigenvalue weighted by molar-refractivity contribution is -0.137. The third-order valence-electron chi connectivity index (χ3n) is 10.4. The van der Waals surface area contributed by atoms with Crippen molar-refractivity contribution < 1.29 is 24.1 Å². The number of aromatic nitrogens is 3. The van der Waals surface area contributed by atoms with E-state index in [0.29, 0.717) is 23.4 Å². The van der Waals surface area contributed by atoms with Crippen LogP contribution >= 0.6 is 0 Å². The first-order chi connectivity index (χ1) is 21.5. The highest BCUT2D eigenvalue weighted by molar-refractivity contribution is 5.68. The van der Waals surface area contributed by atoms with Crippen LogP contribution in [0.3, 0.4) is 0 Å². The van der Waals surface area contributed by atoms with Gasteiger partial charge in [0, 0.05) is 31.4 Å². The Morgan fingerprint density at radius 2 is 1.56 bits per heavy atom. The van der Waals surface area contributed by atoms with Gasteiger partial charge in [0.25, 0.3) is 0 Å². The number of pyridine rings is 1. The zero-order chi connectivity index (χ0) is 31.8. The molecule has 9 nitrogen and oxygen atoms in total. The largest absolute Gasteiger partial charge is 0.497 e. The summed E-state index contributed by atoms with van der Waals surface area (Å²) in [6, 6.07) is 9.68. The summed E-state index contributed by atoms with van der Waals surface area (Å²) in [7, 11) is 1.66. The molecule has 1 aromatic carbocycles. The summed E-state index contributed by atoms with van der Waals surface area (Å²) < 4.78 is 18.4. The third-order valence-corrected chi connectivity index (χ3v) is 10.4. The maximum Gasteiger partial charge on any atom is 0.303 e. The molecular weight excluding hydrogens is 568 g/mol. The monoisotopic (exact) mass is 614 g/mol. The minimum atomic E-state index is -0.761. The van der Waals surface area contributed by atoms with Crippen LogP contribution in [0.4, 0.5) is 5.69 Å². The van der Waals surface area contributed by atoms with Crippen molar-refractivity contribution >= 4 is 11.7 Å². The smallest absolute Gasteiger partial charge is 0.303 e. The Balaban J connectivity index is 1.09. The summed E-state index contributed by atoms with van der Waals surface area (Å²) in [4.78, 5) is 27.8. The van der Waals surface area contributed by atoms with Gasteiger partial charge in [-0.2, -0.15) is 0 Å². The Morgan fingerprint density at radius 1 is 0.911 bits per heavy atom. The molecule has 45 heavy (non-hydrogen) atoms. The van der Waals surface area contributed by atoms with Gasteiger partial charge in [-0.25, -0.2) is 15.0 Å². The average Bonchev–Trinajstić information content (AvgIpc) is 3.83. The van der Waals surface area contributed by atoms with Crippen LogP contribution in [0, 0.1) is 16.7 Å². The summed E-state index contributed by atoms with van der Waals surface area (Å²) in [6.45, 7) is 11.2. The number of carboxylic acid groups (broad SMARTS) is 1. The molecule has 3 aromatic rings. The number of hydrogen-bond donors (Lipinski definition) is 1. The fourth-order valence-electron chi connectivity index (χ4n) is 6.74. The number of anilines is 1. The number of carboxylic acids is 1. The molecule has 0 radical (unpaired) electrons. The topological polar surface area (TPSA) is 107 Å². The summed E-state index contributed by atoms with van der Waals surface area (Å²) in [5.74, 6) is 2.35. The summed E-state index contributed by atoms with van der Waals surface area (Å²) in [5.41, 5.74) is 3.30. The molecule has 2 saturated carbocycles. The van der Waals surface area contributed by atoms with Gasteiger partial charge in [0.2, 0.25) is 5.88 Å². The van der Waals surface area contributed by atoms with Crippen molar-refractivity contribution in [2.24, 2.45) is 16.7 Å². The Kier molecular flexibility index (Phi) is 8.63. The zero-order valence-corrected chi connectivity index (χ0v) is 27.2. The van der Waals surface area contributed by atoms with Gasteiger partial charge in [-0.15, -0.1) is 0 Å². The van der Waals surface area contributed by atoms with E-state index >= 15 is 0 Å². The van der Waals surface area contributed by atoms with Gasteiger partial charge in [-0.05, 0) is 85.0 Å². The molecule has 1 unspecified atom stereocenters. The quantitative estimate of drug-likeness (QED) is 0.241. The van der Waals surface area contributed by atoms with Crippen LogP contribution in [-0.4, -0.2) is 58.4 Å². The van der Waals surface area contributed by atoms with Crippen LogP contribution < -0.4 is 19.1 Å². The second kappa shape index (κ2) is 12.5. The molecule has 1 saturated heterocycles. The first kappa shape index (κ1) is 31.1. The predicted octanol–water partition coefficient (Wildman–Crippen LogP) is 7.16. The van der Waals surface area contributed by atoms with Crippen LogP contribution in [0.1, 0.15) is 84.1 Å². The van der Waals surface area contributed by atoms with Crippen molar-refractivity contribution in [2.45, 2.75) is 90.8 Å². The molecule has 0 amide bonds. The highest BCUT2D eigenvalue weighted by Gasteiger charge is 2.45. The van der Waals surface area contributed by atoms with Crippen molar-refractivity contribution in [1.82, 2.24) is 15.0 Å². The molecule has 9 heteroatoms. The van der Waals surface area contributed by atoms with E-state index in [1.807, 2.05) is 42.7 Å². The molecule has 6 rings (SSSR count).